The van der Waals surface area contributed by atoms with Gasteiger partial charge in [-0.05, 0) is 51.1 Å². The van der Waals surface area contributed by atoms with Crippen molar-refractivity contribution < 1.29 is 9.02 Å². The monoisotopic (exact) mass is 740 g/mol. The van der Waals surface area contributed by atoms with Crippen LogP contribution in [0.4, 0.5) is 0 Å². The van der Waals surface area contributed by atoms with E-state index >= 15 is 0 Å². The van der Waals surface area contributed by atoms with Crippen LogP contribution in [-0.2, 0) is 15.1 Å². The number of benzene rings is 2. The molecule has 13 heteroatoms. The summed E-state index contributed by atoms with van der Waals surface area (Å²) in [7, 11) is -0.523. The zero-order valence-electron chi connectivity index (χ0n) is 31.5. The van der Waals surface area contributed by atoms with Crippen molar-refractivity contribution in [3.63, 3.8) is 0 Å². The van der Waals surface area contributed by atoms with Gasteiger partial charge < -0.3 is 9.72 Å². The lowest BCUT2D eigenvalue weighted by atomic mass is 9.88. The molecule has 0 spiro atoms. The number of para-hydroxylation sites is 1. The number of rotatable bonds is 1. The Bertz CT molecular complexity index is 2060. The summed E-state index contributed by atoms with van der Waals surface area (Å²) in [5.74, 6) is 5.42. The molecule has 0 saturated carbocycles. The minimum absolute atomic E-state index is 0.0291. The van der Waals surface area contributed by atoms with Crippen molar-refractivity contribution >= 4 is 66.7 Å². The number of aromatic amines is 2. The molecule has 272 valence electrons. The summed E-state index contributed by atoms with van der Waals surface area (Å²) in [5, 5.41) is 3.21. The SMILES string of the molecule is C=S1N=C(C(C)(C)C)NO1.CC(C)(C)c1[nH]c(=O)cc2ccccc12.CC(C)(C)c1ns[nH]c1=O.Cc1nc2c(OC(C)(C)C)cccc2s1. The van der Waals surface area contributed by atoms with Gasteiger partial charge in [0, 0.05) is 45.1 Å². The van der Waals surface area contributed by atoms with Crippen LogP contribution in [0.15, 0.2) is 62.5 Å². The largest absolute Gasteiger partial charge is 0.486 e. The van der Waals surface area contributed by atoms with E-state index in [2.05, 4.69) is 82.1 Å². The van der Waals surface area contributed by atoms with Crippen LogP contribution in [0.25, 0.3) is 21.0 Å². The number of amidine groups is 1. The molecule has 0 bridgehead atoms. The molecule has 6 rings (SSSR count). The van der Waals surface area contributed by atoms with Crippen LogP contribution in [0.1, 0.15) is 99.5 Å². The van der Waals surface area contributed by atoms with Crippen LogP contribution in [0.2, 0.25) is 0 Å². The number of aromatic nitrogens is 4. The highest BCUT2D eigenvalue weighted by molar-refractivity contribution is 8.09. The first-order chi connectivity index (χ1) is 23.0. The zero-order valence-corrected chi connectivity index (χ0v) is 34.0. The zero-order chi connectivity index (χ0) is 37.7. The van der Waals surface area contributed by atoms with Gasteiger partial charge in [0.05, 0.1) is 20.7 Å². The van der Waals surface area contributed by atoms with Gasteiger partial charge in [-0.2, -0.15) is 13.1 Å². The summed E-state index contributed by atoms with van der Waals surface area (Å²) in [4.78, 5) is 29.9. The summed E-state index contributed by atoms with van der Waals surface area (Å²) in [6.45, 7) is 26.6. The number of hydrogen-bond acceptors (Lipinski definition) is 10. The Labute approximate surface area is 306 Å². The average Bonchev–Trinajstić information content (AvgIpc) is 3.71. The van der Waals surface area contributed by atoms with Crippen LogP contribution in [0.5, 0.6) is 5.75 Å². The fraction of sp³-hybridized carbons (Fsp3) is 0.459. The van der Waals surface area contributed by atoms with Gasteiger partial charge >= 0.3 is 0 Å². The van der Waals surface area contributed by atoms with Crippen molar-refractivity contribution in [2.24, 2.45) is 9.81 Å². The van der Waals surface area contributed by atoms with E-state index in [0.29, 0.717) is 5.69 Å². The number of ether oxygens (including phenoxy) is 1. The van der Waals surface area contributed by atoms with Crippen molar-refractivity contribution in [2.45, 2.75) is 106 Å². The van der Waals surface area contributed by atoms with E-state index in [-0.39, 0.29) is 33.0 Å². The number of aryl methyl sites for hydroxylation is 1. The summed E-state index contributed by atoms with van der Waals surface area (Å²) in [5.41, 5.74) is 4.96. The van der Waals surface area contributed by atoms with Crippen LogP contribution >= 0.6 is 34.0 Å². The van der Waals surface area contributed by atoms with Crippen molar-refractivity contribution in [1.29, 1.82) is 0 Å². The second kappa shape index (κ2) is 16.1. The Morgan fingerprint density at radius 3 is 2.00 bits per heavy atom. The number of nitrogens with one attached hydrogen (secondary N) is 3. The molecular weight excluding hydrogens is 689 g/mol. The van der Waals surface area contributed by atoms with Gasteiger partial charge in [-0.3, -0.25) is 14.0 Å². The highest BCUT2D eigenvalue weighted by Crippen LogP contribution is 2.31. The van der Waals surface area contributed by atoms with Gasteiger partial charge in [-0.25, -0.2) is 10.5 Å². The first-order valence-corrected chi connectivity index (χ1v) is 19.1. The summed E-state index contributed by atoms with van der Waals surface area (Å²) in [6.07, 6.45) is 0. The molecule has 5 aromatic rings. The Balaban J connectivity index is 0.000000184. The lowest BCUT2D eigenvalue weighted by molar-refractivity contribution is 0.133. The molecule has 1 unspecified atom stereocenters. The second-order valence-electron chi connectivity index (χ2n) is 15.8. The number of hydroxylamine groups is 1. The third kappa shape index (κ3) is 12.0. The molecule has 0 fully saturated rings. The fourth-order valence-corrected chi connectivity index (χ4v) is 6.70. The van der Waals surface area contributed by atoms with Gasteiger partial charge in [0.25, 0.3) is 5.56 Å². The van der Waals surface area contributed by atoms with E-state index in [4.69, 9.17) is 9.02 Å². The number of pyridine rings is 1. The summed E-state index contributed by atoms with van der Waals surface area (Å²) in [6, 6.07) is 15.7. The smallest absolute Gasteiger partial charge is 0.281 e. The number of H-pyrrole nitrogens is 2. The van der Waals surface area contributed by atoms with Crippen LogP contribution in [0.3, 0.4) is 0 Å². The molecule has 2 aromatic carbocycles. The van der Waals surface area contributed by atoms with Crippen LogP contribution < -0.4 is 21.3 Å². The lowest BCUT2D eigenvalue weighted by Crippen LogP contribution is -2.30. The number of hydrogen-bond donors (Lipinski definition) is 3. The van der Waals surface area contributed by atoms with Crippen LogP contribution in [-0.4, -0.2) is 36.0 Å². The molecular formula is C37H52N6O4S3. The van der Waals surface area contributed by atoms with E-state index < -0.39 is 11.0 Å². The molecule has 1 aliphatic rings. The Morgan fingerprint density at radius 2 is 1.52 bits per heavy atom. The molecule has 0 aliphatic carbocycles. The molecule has 3 N–H and O–H groups in total. The third-order valence-corrected chi connectivity index (χ3v) is 8.91. The van der Waals surface area contributed by atoms with E-state index in [1.165, 1.54) is 4.70 Å². The normalized spacial score (nSPS) is 14.7. The van der Waals surface area contributed by atoms with Gasteiger partial charge in [0.2, 0.25) is 5.56 Å². The maximum Gasteiger partial charge on any atom is 0.281 e. The Hall–Kier alpha value is -3.65. The fourth-order valence-electron chi connectivity index (χ4n) is 4.45. The van der Waals surface area contributed by atoms with Crippen molar-refractivity contribution in [1.82, 2.24) is 24.2 Å². The number of nitrogens with zero attached hydrogens (tertiary/aromatic N) is 3. The third-order valence-electron chi connectivity index (χ3n) is 6.76. The number of thiazole rings is 1. The second-order valence-corrected chi connectivity index (χ2v) is 18.6. The lowest BCUT2D eigenvalue weighted by Gasteiger charge is -2.21. The minimum atomic E-state index is -0.523. The van der Waals surface area contributed by atoms with E-state index in [9.17, 15) is 9.59 Å². The molecule has 0 amide bonds. The molecule has 1 aliphatic heterocycles. The molecule has 0 saturated heterocycles. The maximum absolute atomic E-state index is 11.5. The average molecular weight is 741 g/mol. The van der Waals surface area contributed by atoms with Crippen LogP contribution in [0, 0.1) is 12.3 Å². The van der Waals surface area contributed by atoms with Gasteiger partial charge in [-0.15, -0.1) is 11.3 Å². The Kier molecular flexibility index (Phi) is 13.2. The molecule has 10 nitrogen and oxygen atoms in total. The van der Waals surface area contributed by atoms with Crippen molar-refractivity contribution in [2.75, 3.05) is 0 Å². The first kappa shape index (κ1) is 40.8. The van der Waals surface area contributed by atoms with Gasteiger partial charge in [0.1, 0.15) is 28.4 Å². The summed E-state index contributed by atoms with van der Waals surface area (Å²) >= 11 is 2.81. The molecule has 4 heterocycles. The quantitative estimate of drug-likeness (QED) is 0.146. The van der Waals surface area contributed by atoms with Gasteiger partial charge in [-0.1, -0.05) is 92.6 Å². The molecule has 1 atom stereocenters. The Morgan fingerprint density at radius 1 is 0.860 bits per heavy atom. The van der Waals surface area contributed by atoms with Crippen molar-refractivity contribution in [3.05, 3.63) is 85.6 Å². The maximum atomic E-state index is 11.5. The first-order valence-electron chi connectivity index (χ1n) is 16.2. The van der Waals surface area contributed by atoms with E-state index in [1.807, 2.05) is 84.9 Å². The highest BCUT2D eigenvalue weighted by Gasteiger charge is 2.23. The van der Waals surface area contributed by atoms with Crippen molar-refractivity contribution in [3.8, 4) is 5.75 Å². The predicted molar refractivity (Wildman–Crippen MR) is 215 cm³/mol. The molecule has 3 aromatic heterocycles. The molecule has 50 heavy (non-hydrogen) atoms. The number of fused-ring (bicyclic) bond motifs is 2. The standard InChI is InChI=1S/C13H15NO.C12H15NOS.C6H12N2OS.C6H10N2OS/c1-13(2,3)12-10-7-5-4-6-9(10)8-11(15)14-12;1-8-13-11-9(14-12(2,3)4)6-5-7-10(11)15-8;1-6(2,3)5-7-9-10(4)8-5;1-6(2,3)4-5(9)8-10-7-4/h4-8H,1-3H3,(H,14,15);5-7H,1-4H3;4H2,1-3H3,(H,7,8);1-3H3,(H,8,9). The summed E-state index contributed by atoms with van der Waals surface area (Å²) < 4.78 is 22.7. The minimum Gasteiger partial charge on any atom is -0.486 e. The van der Waals surface area contributed by atoms with E-state index in [1.54, 1.807) is 17.4 Å². The predicted octanol–water partition coefficient (Wildman–Crippen LogP) is 9.23. The highest BCUT2D eigenvalue weighted by atomic mass is 32.2. The van der Waals surface area contributed by atoms with Gasteiger partial charge in [0.15, 0.2) is 0 Å². The molecule has 0 radical (unpaired) electrons. The van der Waals surface area contributed by atoms with E-state index in [0.717, 1.165) is 50.3 Å². The topological polar surface area (TPSA) is 134 Å².